The highest BCUT2D eigenvalue weighted by Gasteiger charge is 2.17. The normalized spacial score (nSPS) is 13.7. The van der Waals surface area contributed by atoms with Gasteiger partial charge < -0.3 is 9.22 Å². The van der Waals surface area contributed by atoms with Gasteiger partial charge in [0.2, 0.25) is 0 Å². The number of hydrogen-bond donors (Lipinski definition) is 0. The van der Waals surface area contributed by atoms with E-state index in [1.165, 1.54) is 64.2 Å². The van der Waals surface area contributed by atoms with E-state index in [9.17, 15) is 0 Å². The molecule has 0 aliphatic heterocycles. The smallest absolute Gasteiger partial charge is 0.189 e. The van der Waals surface area contributed by atoms with E-state index in [1.807, 2.05) is 0 Å². The van der Waals surface area contributed by atoms with E-state index < -0.39 is 0 Å². The molecule has 0 N–H and O–H groups in total. The fourth-order valence-electron chi connectivity index (χ4n) is 2.07. The monoisotopic (exact) mass is 272 g/mol. The second-order valence-electron chi connectivity index (χ2n) is 6.77. The fraction of sp³-hybridized carbons (Fsp3) is 1.00. The minimum atomic E-state index is 0.304. The quantitative estimate of drug-likeness (QED) is 0.261. The molecule has 0 aliphatic rings. The van der Waals surface area contributed by atoms with Gasteiger partial charge >= 0.3 is 0 Å². The molecule has 0 radical (unpaired) electrons. The number of quaternary nitrogens is 1. The molecule has 0 aromatic carbocycles. The van der Waals surface area contributed by atoms with Gasteiger partial charge in [-0.15, -0.1) is 0 Å². The van der Waals surface area contributed by atoms with Crippen LogP contribution in [0.25, 0.3) is 0 Å². The van der Waals surface area contributed by atoms with Crippen molar-refractivity contribution in [2.75, 3.05) is 27.7 Å². The van der Waals surface area contributed by atoms with E-state index in [0.29, 0.717) is 6.23 Å². The second kappa shape index (κ2) is 11.7. The summed E-state index contributed by atoms with van der Waals surface area (Å²) in [4.78, 5) is 0. The average Bonchev–Trinajstić information content (AvgIpc) is 2.34. The number of hydrogen-bond acceptors (Lipinski definition) is 1. The van der Waals surface area contributed by atoms with E-state index in [1.54, 1.807) is 0 Å². The molecule has 0 aromatic heterocycles. The van der Waals surface area contributed by atoms with Crippen LogP contribution in [0.1, 0.15) is 78.1 Å². The predicted molar refractivity (Wildman–Crippen MR) is 85.3 cm³/mol. The molecule has 0 spiro atoms. The summed E-state index contributed by atoms with van der Waals surface area (Å²) in [6, 6.07) is 0. The minimum Gasteiger partial charge on any atom is -0.329 e. The maximum absolute atomic E-state index is 5.85. The van der Waals surface area contributed by atoms with Crippen LogP contribution >= 0.6 is 0 Å². The van der Waals surface area contributed by atoms with Crippen molar-refractivity contribution in [3.05, 3.63) is 0 Å². The third kappa shape index (κ3) is 12.7. The summed E-state index contributed by atoms with van der Waals surface area (Å²) in [6.07, 6.45) is 14.2. The molecule has 0 heterocycles. The first-order valence-electron chi connectivity index (χ1n) is 8.41. The van der Waals surface area contributed by atoms with Crippen LogP contribution in [0.3, 0.4) is 0 Å². The Bertz CT molecular complexity index is 186. The summed E-state index contributed by atoms with van der Waals surface area (Å²) in [5.41, 5.74) is 0. The van der Waals surface area contributed by atoms with Gasteiger partial charge in [-0.25, -0.2) is 0 Å². The Kier molecular flexibility index (Phi) is 11.7. The van der Waals surface area contributed by atoms with Crippen LogP contribution < -0.4 is 0 Å². The van der Waals surface area contributed by atoms with Crippen molar-refractivity contribution in [3.63, 3.8) is 0 Å². The lowest BCUT2D eigenvalue weighted by Gasteiger charge is -2.31. The van der Waals surface area contributed by atoms with Crippen molar-refractivity contribution in [1.82, 2.24) is 0 Å². The molecule has 116 valence electrons. The first-order chi connectivity index (χ1) is 8.98. The molecule has 19 heavy (non-hydrogen) atoms. The minimum absolute atomic E-state index is 0.304. The Morgan fingerprint density at radius 3 is 1.58 bits per heavy atom. The topological polar surface area (TPSA) is 9.23 Å². The van der Waals surface area contributed by atoms with E-state index in [4.69, 9.17) is 4.74 Å². The molecule has 0 aliphatic carbocycles. The van der Waals surface area contributed by atoms with Gasteiger partial charge in [-0.05, 0) is 6.42 Å². The van der Waals surface area contributed by atoms with Crippen molar-refractivity contribution in [1.29, 1.82) is 0 Å². The Labute approximate surface area is 122 Å². The molecule has 2 heteroatoms. The molecule has 0 saturated heterocycles. The van der Waals surface area contributed by atoms with Gasteiger partial charge in [0, 0.05) is 6.92 Å². The zero-order valence-electron chi connectivity index (χ0n) is 14.2. The SMILES string of the molecule is CCCCCCCCCCCCOC(C)[N+](C)(C)C. The molecule has 0 saturated carbocycles. The van der Waals surface area contributed by atoms with Crippen molar-refractivity contribution in [2.45, 2.75) is 84.3 Å². The van der Waals surface area contributed by atoms with Gasteiger partial charge in [-0.1, -0.05) is 64.7 Å². The van der Waals surface area contributed by atoms with Gasteiger partial charge in [-0.2, -0.15) is 0 Å². The van der Waals surface area contributed by atoms with Crippen LogP contribution in [0.4, 0.5) is 0 Å². The summed E-state index contributed by atoms with van der Waals surface area (Å²) in [5, 5.41) is 0. The summed E-state index contributed by atoms with van der Waals surface area (Å²) in [5.74, 6) is 0. The highest BCUT2D eigenvalue weighted by Crippen LogP contribution is 2.11. The first-order valence-corrected chi connectivity index (χ1v) is 8.41. The van der Waals surface area contributed by atoms with Gasteiger partial charge in [0.25, 0.3) is 0 Å². The van der Waals surface area contributed by atoms with Crippen LogP contribution in [0.5, 0.6) is 0 Å². The maximum Gasteiger partial charge on any atom is 0.189 e. The standard InChI is InChI=1S/C17H38NO/c1-6-7-8-9-10-11-12-13-14-15-16-19-17(2)18(3,4)5/h17H,6-16H2,1-5H3/q+1. The summed E-state index contributed by atoms with van der Waals surface area (Å²) < 4.78 is 6.74. The highest BCUT2D eigenvalue weighted by atomic mass is 16.5. The Morgan fingerprint density at radius 1 is 0.737 bits per heavy atom. The van der Waals surface area contributed by atoms with Crippen LogP contribution in [-0.2, 0) is 4.74 Å². The average molecular weight is 272 g/mol. The molecule has 1 atom stereocenters. The molecule has 0 aromatic rings. The largest absolute Gasteiger partial charge is 0.329 e. The third-order valence-corrected chi connectivity index (χ3v) is 3.95. The summed E-state index contributed by atoms with van der Waals surface area (Å²) in [6.45, 7) is 5.37. The van der Waals surface area contributed by atoms with Crippen LogP contribution in [-0.4, -0.2) is 38.5 Å². The molecular formula is C17H38NO+. The lowest BCUT2D eigenvalue weighted by Crippen LogP contribution is -2.44. The van der Waals surface area contributed by atoms with Crippen LogP contribution in [0.15, 0.2) is 0 Å². The molecule has 0 rings (SSSR count). The zero-order valence-corrected chi connectivity index (χ0v) is 14.2. The predicted octanol–water partition coefficient (Wildman–Crippen LogP) is 4.98. The molecule has 2 nitrogen and oxygen atoms in total. The van der Waals surface area contributed by atoms with Crippen molar-refractivity contribution >= 4 is 0 Å². The van der Waals surface area contributed by atoms with Gasteiger partial charge in [-0.3, -0.25) is 0 Å². The Hall–Kier alpha value is -0.0800. The third-order valence-electron chi connectivity index (χ3n) is 3.95. The Balaban J connectivity index is 3.15. The maximum atomic E-state index is 5.85. The number of ether oxygens (including phenoxy) is 1. The van der Waals surface area contributed by atoms with Gasteiger partial charge in [0.05, 0.1) is 27.7 Å². The Morgan fingerprint density at radius 2 is 1.16 bits per heavy atom. The molecule has 0 amide bonds. The first kappa shape index (κ1) is 18.9. The lowest BCUT2D eigenvalue weighted by atomic mass is 10.1. The van der Waals surface area contributed by atoms with E-state index in [0.717, 1.165) is 11.1 Å². The second-order valence-corrected chi connectivity index (χ2v) is 6.77. The summed E-state index contributed by atoms with van der Waals surface area (Å²) in [7, 11) is 6.55. The van der Waals surface area contributed by atoms with Crippen LogP contribution in [0, 0.1) is 0 Å². The van der Waals surface area contributed by atoms with Gasteiger partial charge in [0.15, 0.2) is 6.23 Å². The van der Waals surface area contributed by atoms with Crippen molar-refractivity contribution in [2.24, 2.45) is 0 Å². The molecule has 1 unspecified atom stereocenters. The number of rotatable bonds is 13. The van der Waals surface area contributed by atoms with E-state index in [-0.39, 0.29) is 0 Å². The fourth-order valence-corrected chi connectivity index (χ4v) is 2.07. The molecule has 0 fully saturated rings. The summed E-state index contributed by atoms with van der Waals surface area (Å²) >= 11 is 0. The van der Waals surface area contributed by atoms with Crippen molar-refractivity contribution < 1.29 is 9.22 Å². The molecular weight excluding hydrogens is 234 g/mol. The lowest BCUT2D eigenvalue weighted by molar-refractivity contribution is -0.917. The van der Waals surface area contributed by atoms with Crippen molar-refractivity contribution in [3.8, 4) is 0 Å². The van der Waals surface area contributed by atoms with E-state index >= 15 is 0 Å². The number of unbranched alkanes of at least 4 members (excludes halogenated alkanes) is 9. The number of nitrogens with zero attached hydrogens (tertiary/aromatic N) is 1. The van der Waals surface area contributed by atoms with E-state index in [2.05, 4.69) is 35.0 Å². The molecule has 0 bridgehead atoms. The zero-order chi connectivity index (χ0) is 14.6. The van der Waals surface area contributed by atoms with Crippen LogP contribution in [0.2, 0.25) is 0 Å². The highest BCUT2D eigenvalue weighted by molar-refractivity contribution is 4.47. The van der Waals surface area contributed by atoms with Gasteiger partial charge in [0.1, 0.15) is 0 Å².